The van der Waals surface area contributed by atoms with Crippen molar-refractivity contribution in [3.63, 3.8) is 0 Å². The van der Waals surface area contributed by atoms with E-state index in [4.69, 9.17) is 0 Å². The van der Waals surface area contributed by atoms with Crippen molar-refractivity contribution in [1.29, 1.82) is 0 Å². The van der Waals surface area contributed by atoms with Crippen molar-refractivity contribution in [2.45, 2.75) is 26.4 Å². The monoisotopic (exact) mass is 245 g/mol. The molecule has 1 aromatic carbocycles. The molecule has 1 N–H and O–H groups in total. The van der Waals surface area contributed by atoms with Crippen molar-refractivity contribution >= 4 is 0 Å². The summed E-state index contributed by atoms with van der Waals surface area (Å²) in [5.41, 5.74) is 2.01. The zero-order chi connectivity index (χ0) is 13.0. The van der Waals surface area contributed by atoms with Crippen LogP contribution in [0.1, 0.15) is 30.0 Å². The highest BCUT2D eigenvalue weighted by Crippen LogP contribution is 2.13. The van der Waals surface area contributed by atoms with E-state index in [-0.39, 0.29) is 11.9 Å². The van der Waals surface area contributed by atoms with Gasteiger partial charge in [0, 0.05) is 18.8 Å². The van der Waals surface area contributed by atoms with E-state index in [0.29, 0.717) is 6.54 Å². The standard InChI is InChI=1S/C14H16FN3/c1-10(12-3-5-13(15)6-4-12)17-9-14-7-8-16-11(2)18-14/h3-8,10,17H,9H2,1-2H3/t10-/m1/s1. The lowest BCUT2D eigenvalue weighted by Crippen LogP contribution is -2.19. The zero-order valence-electron chi connectivity index (χ0n) is 10.5. The molecule has 0 saturated carbocycles. The topological polar surface area (TPSA) is 37.8 Å². The second-order valence-electron chi connectivity index (χ2n) is 4.25. The predicted molar refractivity (Wildman–Crippen MR) is 68.4 cm³/mol. The van der Waals surface area contributed by atoms with Gasteiger partial charge in [-0.3, -0.25) is 0 Å². The highest BCUT2D eigenvalue weighted by Gasteiger charge is 2.05. The molecule has 4 heteroatoms. The first-order valence-electron chi connectivity index (χ1n) is 5.92. The molecule has 0 bridgehead atoms. The van der Waals surface area contributed by atoms with Gasteiger partial charge in [-0.2, -0.15) is 0 Å². The van der Waals surface area contributed by atoms with Gasteiger partial charge in [0.15, 0.2) is 0 Å². The zero-order valence-corrected chi connectivity index (χ0v) is 10.5. The second kappa shape index (κ2) is 5.69. The van der Waals surface area contributed by atoms with E-state index in [1.54, 1.807) is 18.3 Å². The van der Waals surface area contributed by atoms with Gasteiger partial charge in [-0.15, -0.1) is 0 Å². The molecule has 0 saturated heterocycles. The van der Waals surface area contributed by atoms with Gasteiger partial charge in [-0.25, -0.2) is 14.4 Å². The van der Waals surface area contributed by atoms with E-state index in [1.807, 2.05) is 19.9 Å². The summed E-state index contributed by atoms with van der Waals surface area (Å²) >= 11 is 0. The van der Waals surface area contributed by atoms with Gasteiger partial charge >= 0.3 is 0 Å². The molecular weight excluding hydrogens is 229 g/mol. The van der Waals surface area contributed by atoms with Crippen LogP contribution < -0.4 is 5.32 Å². The fourth-order valence-electron chi connectivity index (χ4n) is 1.73. The molecule has 2 rings (SSSR count). The molecule has 94 valence electrons. The van der Waals surface area contributed by atoms with Crippen LogP contribution in [0, 0.1) is 12.7 Å². The largest absolute Gasteiger partial charge is 0.305 e. The van der Waals surface area contributed by atoms with Crippen LogP contribution in [-0.4, -0.2) is 9.97 Å². The Labute approximate surface area is 106 Å². The van der Waals surface area contributed by atoms with Gasteiger partial charge in [0.05, 0.1) is 5.69 Å². The summed E-state index contributed by atoms with van der Waals surface area (Å²) in [6.07, 6.45) is 1.75. The first kappa shape index (κ1) is 12.6. The average molecular weight is 245 g/mol. The van der Waals surface area contributed by atoms with E-state index < -0.39 is 0 Å². The van der Waals surface area contributed by atoms with Crippen LogP contribution in [0.5, 0.6) is 0 Å². The number of benzene rings is 1. The van der Waals surface area contributed by atoms with Crippen molar-refractivity contribution < 1.29 is 4.39 Å². The Bertz CT molecular complexity index is 511. The Morgan fingerprint density at radius 2 is 1.94 bits per heavy atom. The molecule has 1 heterocycles. The predicted octanol–water partition coefficient (Wildman–Crippen LogP) is 2.77. The number of hydrogen-bond donors (Lipinski definition) is 1. The SMILES string of the molecule is Cc1nccc(CN[C@H](C)c2ccc(F)cc2)n1. The number of nitrogens with zero attached hydrogens (tertiary/aromatic N) is 2. The number of rotatable bonds is 4. The average Bonchev–Trinajstić information content (AvgIpc) is 2.37. The van der Waals surface area contributed by atoms with Crippen LogP contribution >= 0.6 is 0 Å². The fourth-order valence-corrected chi connectivity index (χ4v) is 1.73. The highest BCUT2D eigenvalue weighted by atomic mass is 19.1. The maximum absolute atomic E-state index is 12.8. The maximum Gasteiger partial charge on any atom is 0.125 e. The maximum atomic E-state index is 12.8. The summed E-state index contributed by atoms with van der Waals surface area (Å²) in [4.78, 5) is 8.37. The molecule has 0 aliphatic rings. The number of aromatic nitrogens is 2. The minimum absolute atomic E-state index is 0.154. The van der Waals surface area contributed by atoms with Gasteiger partial charge < -0.3 is 5.32 Å². The molecule has 0 fully saturated rings. The van der Waals surface area contributed by atoms with Crippen LogP contribution in [-0.2, 0) is 6.54 Å². The Kier molecular flexibility index (Phi) is 3.99. The minimum atomic E-state index is -0.211. The number of nitrogens with one attached hydrogen (secondary N) is 1. The summed E-state index contributed by atoms with van der Waals surface area (Å²) in [5.74, 6) is 0.557. The molecule has 0 unspecified atom stereocenters. The first-order chi connectivity index (χ1) is 8.65. The van der Waals surface area contributed by atoms with Crippen LogP contribution in [0.3, 0.4) is 0 Å². The summed E-state index contributed by atoms with van der Waals surface area (Å²) in [5, 5.41) is 3.35. The third-order valence-corrected chi connectivity index (χ3v) is 2.79. The van der Waals surface area contributed by atoms with E-state index in [2.05, 4.69) is 15.3 Å². The fraction of sp³-hybridized carbons (Fsp3) is 0.286. The van der Waals surface area contributed by atoms with Gasteiger partial charge in [0.2, 0.25) is 0 Å². The molecule has 3 nitrogen and oxygen atoms in total. The summed E-state index contributed by atoms with van der Waals surface area (Å²) in [6.45, 7) is 4.58. The van der Waals surface area contributed by atoms with Crippen molar-refractivity contribution in [3.05, 3.63) is 59.4 Å². The summed E-state index contributed by atoms with van der Waals surface area (Å²) in [7, 11) is 0. The van der Waals surface area contributed by atoms with E-state index in [1.165, 1.54) is 12.1 Å². The van der Waals surface area contributed by atoms with Gasteiger partial charge in [0.1, 0.15) is 11.6 Å². The van der Waals surface area contributed by atoms with E-state index >= 15 is 0 Å². The molecule has 1 atom stereocenters. The molecular formula is C14H16FN3. The molecule has 0 aliphatic heterocycles. The van der Waals surface area contributed by atoms with Gasteiger partial charge in [-0.05, 0) is 37.6 Å². The van der Waals surface area contributed by atoms with Crippen molar-refractivity contribution in [1.82, 2.24) is 15.3 Å². The van der Waals surface area contributed by atoms with Crippen LogP contribution in [0.15, 0.2) is 36.5 Å². The second-order valence-corrected chi connectivity index (χ2v) is 4.25. The molecule has 18 heavy (non-hydrogen) atoms. The number of aryl methyl sites for hydroxylation is 1. The smallest absolute Gasteiger partial charge is 0.125 e. The molecule has 0 aliphatic carbocycles. The van der Waals surface area contributed by atoms with E-state index in [0.717, 1.165) is 17.1 Å². The van der Waals surface area contributed by atoms with Crippen LogP contribution in [0.4, 0.5) is 4.39 Å². The highest BCUT2D eigenvalue weighted by molar-refractivity contribution is 5.19. The van der Waals surface area contributed by atoms with Crippen LogP contribution in [0.2, 0.25) is 0 Å². The van der Waals surface area contributed by atoms with Gasteiger partial charge in [-0.1, -0.05) is 12.1 Å². The lowest BCUT2D eigenvalue weighted by molar-refractivity contribution is 0.563. The third-order valence-electron chi connectivity index (χ3n) is 2.79. The summed E-state index contributed by atoms with van der Waals surface area (Å²) < 4.78 is 12.8. The lowest BCUT2D eigenvalue weighted by Gasteiger charge is -2.14. The quantitative estimate of drug-likeness (QED) is 0.900. The normalized spacial score (nSPS) is 12.4. The van der Waals surface area contributed by atoms with Crippen molar-refractivity contribution in [2.24, 2.45) is 0 Å². The minimum Gasteiger partial charge on any atom is -0.305 e. The lowest BCUT2D eigenvalue weighted by atomic mass is 10.1. The molecule has 0 radical (unpaired) electrons. The Balaban J connectivity index is 1.96. The third kappa shape index (κ3) is 3.34. The first-order valence-corrected chi connectivity index (χ1v) is 5.92. The molecule has 1 aromatic heterocycles. The van der Waals surface area contributed by atoms with Gasteiger partial charge in [0.25, 0.3) is 0 Å². The van der Waals surface area contributed by atoms with Crippen LogP contribution in [0.25, 0.3) is 0 Å². The van der Waals surface area contributed by atoms with E-state index in [9.17, 15) is 4.39 Å². The Morgan fingerprint density at radius 3 is 2.61 bits per heavy atom. The number of hydrogen-bond acceptors (Lipinski definition) is 3. The summed E-state index contributed by atoms with van der Waals surface area (Å²) in [6, 6.07) is 8.57. The molecule has 2 aromatic rings. The molecule has 0 spiro atoms. The van der Waals surface area contributed by atoms with Crippen molar-refractivity contribution in [2.75, 3.05) is 0 Å². The Hall–Kier alpha value is -1.81. The van der Waals surface area contributed by atoms with Crippen molar-refractivity contribution in [3.8, 4) is 0 Å². The Morgan fingerprint density at radius 1 is 1.22 bits per heavy atom. The number of halogens is 1. The molecule has 0 amide bonds.